The number of anilines is 1. The highest BCUT2D eigenvalue weighted by Crippen LogP contribution is 2.32. The first-order chi connectivity index (χ1) is 9.11. The quantitative estimate of drug-likeness (QED) is 0.577. The van der Waals surface area contributed by atoms with Crippen molar-refractivity contribution in [3.63, 3.8) is 0 Å². The van der Waals surface area contributed by atoms with Crippen molar-refractivity contribution in [2.45, 2.75) is 6.18 Å². The summed E-state index contributed by atoms with van der Waals surface area (Å²) in [6.45, 7) is 0. The van der Waals surface area contributed by atoms with Gasteiger partial charge in [0.25, 0.3) is 0 Å². The molecule has 0 aliphatic rings. The monoisotopic (exact) mass is 346 g/mol. The van der Waals surface area contributed by atoms with Crippen LogP contribution in [-0.4, -0.2) is 4.98 Å². The summed E-state index contributed by atoms with van der Waals surface area (Å²) in [6, 6.07) is 0.715. The summed E-state index contributed by atoms with van der Waals surface area (Å²) in [6.07, 6.45) is -2.76. The van der Waals surface area contributed by atoms with E-state index in [1.165, 1.54) is 6.08 Å². The number of pyridine rings is 1. The first-order valence-electron chi connectivity index (χ1n) is 4.89. The molecule has 1 rings (SSSR count). The number of alkyl halides is 3. The van der Waals surface area contributed by atoms with Gasteiger partial charge >= 0.3 is 6.18 Å². The van der Waals surface area contributed by atoms with Crippen molar-refractivity contribution in [1.82, 2.24) is 4.98 Å². The van der Waals surface area contributed by atoms with Crippen LogP contribution in [0.1, 0.15) is 5.56 Å². The van der Waals surface area contributed by atoms with Crippen LogP contribution >= 0.6 is 34.8 Å². The van der Waals surface area contributed by atoms with E-state index in [1.807, 2.05) is 0 Å². The second kappa shape index (κ2) is 6.43. The molecule has 0 radical (unpaired) electrons. The van der Waals surface area contributed by atoms with Gasteiger partial charge < -0.3 is 16.8 Å². The van der Waals surface area contributed by atoms with Crippen LogP contribution in [0.3, 0.4) is 0 Å². The van der Waals surface area contributed by atoms with Gasteiger partial charge in [0.2, 0.25) is 0 Å². The van der Waals surface area contributed by atoms with Crippen molar-refractivity contribution in [3.05, 3.63) is 44.9 Å². The summed E-state index contributed by atoms with van der Waals surface area (Å²) in [5.41, 5.74) is 9.66. The Kier molecular flexibility index (Phi) is 5.38. The number of allylic oxidation sites excluding steroid dienone is 1. The Bertz CT molecular complexity index is 561. The molecule has 0 unspecified atom stereocenters. The van der Waals surface area contributed by atoms with Crippen molar-refractivity contribution in [2.24, 2.45) is 11.5 Å². The standard InChI is InChI=1S/C10H8Cl3F3N4/c11-5-1-4(10(14,15)16)3-19-9(5)20-6(8(13)18)2-7(12)17/h1-3H,17-18H2,(H,19,20)/b7-2-,8-6+. The molecule has 4 nitrogen and oxygen atoms in total. The highest BCUT2D eigenvalue weighted by atomic mass is 35.5. The molecule has 0 bridgehead atoms. The molecule has 0 spiro atoms. The van der Waals surface area contributed by atoms with Gasteiger partial charge in [-0.3, -0.25) is 0 Å². The predicted molar refractivity (Wildman–Crippen MR) is 73.1 cm³/mol. The minimum Gasteiger partial charge on any atom is -0.389 e. The number of hydrogen-bond acceptors (Lipinski definition) is 4. The smallest absolute Gasteiger partial charge is 0.389 e. The third kappa shape index (κ3) is 4.66. The van der Waals surface area contributed by atoms with Crippen molar-refractivity contribution in [2.75, 3.05) is 5.32 Å². The van der Waals surface area contributed by atoms with Crippen LogP contribution in [0.2, 0.25) is 5.02 Å². The van der Waals surface area contributed by atoms with Crippen LogP contribution in [0.4, 0.5) is 19.0 Å². The van der Waals surface area contributed by atoms with Crippen LogP contribution in [0, 0.1) is 0 Å². The van der Waals surface area contributed by atoms with Gasteiger partial charge in [-0.25, -0.2) is 4.98 Å². The first kappa shape index (κ1) is 16.7. The number of nitrogens with two attached hydrogens (primary N) is 2. The molecule has 1 aromatic heterocycles. The normalized spacial score (nSPS) is 14.0. The molecule has 0 aromatic carbocycles. The molecule has 5 N–H and O–H groups in total. The third-order valence-corrected chi connectivity index (χ3v) is 2.56. The van der Waals surface area contributed by atoms with E-state index in [-0.39, 0.29) is 26.8 Å². The fraction of sp³-hybridized carbons (Fsp3) is 0.100. The van der Waals surface area contributed by atoms with Crippen molar-refractivity contribution >= 4 is 40.6 Å². The van der Waals surface area contributed by atoms with E-state index in [0.717, 1.165) is 0 Å². The maximum Gasteiger partial charge on any atom is 0.417 e. The van der Waals surface area contributed by atoms with Gasteiger partial charge in [0.15, 0.2) is 0 Å². The van der Waals surface area contributed by atoms with E-state index in [4.69, 9.17) is 46.3 Å². The fourth-order valence-electron chi connectivity index (χ4n) is 1.12. The topological polar surface area (TPSA) is 77.0 Å². The molecule has 0 atom stereocenters. The molecule has 1 heterocycles. The van der Waals surface area contributed by atoms with Crippen molar-refractivity contribution in [3.8, 4) is 0 Å². The van der Waals surface area contributed by atoms with Crippen LogP contribution in [0.25, 0.3) is 0 Å². The first-order valence-corrected chi connectivity index (χ1v) is 6.02. The van der Waals surface area contributed by atoms with Crippen LogP contribution in [-0.2, 0) is 6.18 Å². The number of halogens is 6. The van der Waals surface area contributed by atoms with E-state index >= 15 is 0 Å². The van der Waals surface area contributed by atoms with Gasteiger partial charge in [0.1, 0.15) is 16.1 Å². The molecule has 0 amide bonds. The van der Waals surface area contributed by atoms with Gasteiger partial charge in [-0.15, -0.1) is 0 Å². The number of rotatable bonds is 3. The molecule has 0 fully saturated rings. The average Bonchev–Trinajstić information content (AvgIpc) is 2.28. The van der Waals surface area contributed by atoms with E-state index in [0.29, 0.717) is 12.3 Å². The van der Waals surface area contributed by atoms with E-state index in [9.17, 15) is 13.2 Å². The van der Waals surface area contributed by atoms with E-state index in [1.54, 1.807) is 0 Å². The van der Waals surface area contributed by atoms with Gasteiger partial charge in [0, 0.05) is 6.20 Å². The van der Waals surface area contributed by atoms with Gasteiger partial charge in [0.05, 0.1) is 16.3 Å². The highest BCUT2D eigenvalue weighted by molar-refractivity contribution is 6.33. The van der Waals surface area contributed by atoms with Crippen LogP contribution in [0.5, 0.6) is 0 Å². The zero-order valence-electron chi connectivity index (χ0n) is 9.60. The summed E-state index contributed by atoms with van der Waals surface area (Å²) in [4.78, 5) is 3.55. The molecule has 1 aromatic rings. The van der Waals surface area contributed by atoms with Gasteiger partial charge in [-0.1, -0.05) is 34.8 Å². The summed E-state index contributed by atoms with van der Waals surface area (Å²) >= 11 is 16.7. The SMILES string of the molecule is N/C(Cl)=C(\C=C(/N)Cl)Nc1ncc(C(F)(F)F)cc1Cl. The van der Waals surface area contributed by atoms with Crippen molar-refractivity contribution < 1.29 is 13.2 Å². The summed E-state index contributed by atoms with van der Waals surface area (Å²) < 4.78 is 37.3. The zero-order chi connectivity index (χ0) is 15.5. The lowest BCUT2D eigenvalue weighted by molar-refractivity contribution is -0.137. The lowest BCUT2D eigenvalue weighted by Gasteiger charge is -2.12. The molecular weight excluding hydrogens is 339 g/mol. The Morgan fingerprint density at radius 2 is 1.90 bits per heavy atom. The van der Waals surface area contributed by atoms with Crippen molar-refractivity contribution in [1.29, 1.82) is 0 Å². The summed E-state index contributed by atoms with van der Waals surface area (Å²) in [7, 11) is 0. The molecule has 0 saturated carbocycles. The Morgan fingerprint density at radius 3 is 2.30 bits per heavy atom. The molecule has 0 aliphatic heterocycles. The van der Waals surface area contributed by atoms with Gasteiger partial charge in [-0.2, -0.15) is 13.2 Å². The maximum absolute atomic E-state index is 12.4. The largest absolute Gasteiger partial charge is 0.417 e. The summed E-state index contributed by atoms with van der Waals surface area (Å²) in [5.74, 6) is -0.0765. The third-order valence-electron chi connectivity index (χ3n) is 1.96. The molecule has 20 heavy (non-hydrogen) atoms. The average molecular weight is 348 g/mol. The Balaban J connectivity index is 3.11. The predicted octanol–water partition coefficient (Wildman–Crippen LogP) is 3.57. The van der Waals surface area contributed by atoms with E-state index in [2.05, 4.69) is 10.3 Å². The minimum absolute atomic E-state index is 0.0494. The Hall–Kier alpha value is -1.31. The number of hydrogen-bond donors (Lipinski definition) is 3. The Morgan fingerprint density at radius 1 is 1.30 bits per heavy atom. The second-order valence-corrected chi connectivity index (χ2v) is 4.72. The number of aromatic nitrogens is 1. The second-order valence-electron chi connectivity index (χ2n) is 3.47. The molecule has 110 valence electrons. The highest BCUT2D eigenvalue weighted by Gasteiger charge is 2.31. The lowest BCUT2D eigenvalue weighted by atomic mass is 10.2. The molecule has 0 saturated heterocycles. The number of nitrogens with zero attached hydrogens (tertiary/aromatic N) is 1. The maximum atomic E-state index is 12.4. The molecule has 10 heteroatoms. The zero-order valence-corrected chi connectivity index (χ0v) is 11.9. The summed E-state index contributed by atoms with van der Waals surface area (Å²) in [5, 5.41) is 1.91. The minimum atomic E-state index is -4.54. The lowest BCUT2D eigenvalue weighted by Crippen LogP contribution is -2.10. The Labute approximate surface area is 127 Å². The molecule has 0 aliphatic carbocycles. The van der Waals surface area contributed by atoms with Crippen LogP contribution in [0.15, 0.2) is 34.3 Å². The van der Waals surface area contributed by atoms with Gasteiger partial charge in [-0.05, 0) is 12.1 Å². The number of nitrogens with one attached hydrogen (secondary N) is 1. The fourth-order valence-corrected chi connectivity index (χ4v) is 1.54. The van der Waals surface area contributed by atoms with Crippen LogP contribution < -0.4 is 16.8 Å². The molecular formula is C10H8Cl3F3N4. The van der Waals surface area contributed by atoms with E-state index < -0.39 is 11.7 Å².